The summed E-state index contributed by atoms with van der Waals surface area (Å²) in [5.41, 5.74) is 1.40. The molecule has 21 heavy (non-hydrogen) atoms. The predicted molar refractivity (Wildman–Crippen MR) is 92.4 cm³/mol. The second kappa shape index (κ2) is 6.63. The van der Waals surface area contributed by atoms with Crippen LogP contribution in [-0.4, -0.2) is 0 Å². The van der Waals surface area contributed by atoms with Gasteiger partial charge in [0.05, 0.1) is 0 Å². The molecule has 122 valence electrons. The minimum absolute atomic E-state index is 0.634. The van der Waals surface area contributed by atoms with Crippen LogP contribution in [0.3, 0.4) is 0 Å². The Labute approximate surface area is 133 Å². The van der Waals surface area contributed by atoms with Crippen LogP contribution in [0.1, 0.15) is 110 Å². The second-order valence-corrected chi connectivity index (χ2v) is 9.71. The Bertz CT molecular complexity index is 305. The van der Waals surface area contributed by atoms with E-state index in [1.807, 2.05) is 0 Å². The third kappa shape index (κ3) is 4.73. The van der Waals surface area contributed by atoms with Crippen molar-refractivity contribution in [3.05, 3.63) is 0 Å². The standard InChI is InChI=1S/C21H38/c1-20(2)13-15-21(16-14-20,17-19-9-10-19)12-11-18-7-5-3-4-6-8-18/h18-19H,3-17H2,1-2H3. The van der Waals surface area contributed by atoms with E-state index in [2.05, 4.69) is 13.8 Å². The predicted octanol–water partition coefficient (Wildman–Crippen LogP) is 7.12. The zero-order valence-corrected chi connectivity index (χ0v) is 14.8. The first kappa shape index (κ1) is 15.9. The van der Waals surface area contributed by atoms with Crippen molar-refractivity contribution in [2.45, 2.75) is 110 Å². The van der Waals surface area contributed by atoms with Crippen LogP contribution in [0.15, 0.2) is 0 Å². The minimum Gasteiger partial charge on any atom is -0.0599 e. The van der Waals surface area contributed by atoms with Gasteiger partial charge in [0.15, 0.2) is 0 Å². The maximum absolute atomic E-state index is 2.50. The summed E-state index contributed by atoms with van der Waals surface area (Å²) in [5, 5.41) is 0. The molecule has 3 aliphatic rings. The van der Waals surface area contributed by atoms with Gasteiger partial charge in [-0.15, -0.1) is 0 Å². The quantitative estimate of drug-likeness (QED) is 0.473. The molecule has 3 fully saturated rings. The van der Waals surface area contributed by atoms with Gasteiger partial charge in [-0.05, 0) is 67.6 Å². The Balaban J connectivity index is 1.54. The molecule has 0 bridgehead atoms. The van der Waals surface area contributed by atoms with Crippen LogP contribution in [-0.2, 0) is 0 Å². The molecule has 0 aromatic carbocycles. The highest BCUT2D eigenvalue weighted by Gasteiger charge is 2.41. The molecule has 0 heterocycles. The summed E-state index contributed by atoms with van der Waals surface area (Å²) in [6.45, 7) is 5.00. The summed E-state index contributed by atoms with van der Waals surface area (Å²) in [6.07, 6.45) is 23.1. The van der Waals surface area contributed by atoms with Crippen molar-refractivity contribution in [3.8, 4) is 0 Å². The smallest absolute Gasteiger partial charge is 0.0294 e. The summed E-state index contributed by atoms with van der Waals surface area (Å²) in [4.78, 5) is 0. The van der Waals surface area contributed by atoms with Gasteiger partial charge >= 0.3 is 0 Å². The Morgan fingerprint density at radius 2 is 1.33 bits per heavy atom. The molecule has 0 N–H and O–H groups in total. The van der Waals surface area contributed by atoms with Gasteiger partial charge in [0.1, 0.15) is 0 Å². The number of rotatable bonds is 5. The SMILES string of the molecule is CC1(C)CCC(CCC2CCCCCC2)(CC2CC2)CC1. The van der Waals surface area contributed by atoms with Crippen LogP contribution in [0.25, 0.3) is 0 Å². The van der Waals surface area contributed by atoms with Crippen LogP contribution in [0.5, 0.6) is 0 Å². The largest absolute Gasteiger partial charge is 0.0599 e. The average molecular weight is 291 g/mol. The molecular formula is C21H38. The first-order valence-electron chi connectivity index (χ1n) is 10.1. The Morgan fingerprint density at radius 3 is 1.90 bits per heavy atom. The summed E-state index contributed by atoms with van der Waals surface area (Å²) in [6, 6.07) is 0. The summed E-state index contributed by atoms with van der Waals surface area (Å²) in [7, 11) is 0. The molecule has 3 rings (SSSR count). The third-order valence-electron chi connectivity index (χ3n) is 7.14. The van der Waals surface area contributed by atoms with E-state index in [1.54, 1.807) is 57.8 Å². The highest BCUT2D eigenvalue weighted by molar-refractivity contribution is 4.93. The van der Waals surface area contributed by atoms with E-state index in [1.165, 1.54) is 38.5 Å². The average Bonchev–Trinajstić information content (AvgIpc) is 3.27. The molecule has 3 aliphatic carbocycles. The lowest BCUT2D eigenvalue weighted by atomic mass is 9.61. The van der Waals surface area contributed by atoms with Crippen molar-refractivity contribution in [1.29, 1.82) is 0 Å². The van der Waals surface area contributed by atoms with Crippen LogP contribution >= 0.6 is 0 Å². The molecule has 0 radical (unpaired) electrons. The van der Waals surface area contributed by atoms with Gasteiger partial charge in [-0.25, -0.2) is 0 Å². The van der Waals surface area contributed by atoms with Crippen LogP contribution in [0.4, 0.5) is 0 Å². The van der Waals surface area contributed by atoms with E-state index in [-0.39, 0.29) is 0 Å². The summed E-state index contributed by atoms with van der Waals surface area (Å²) in [5.74, 6) is 2.21. The number of hydrogen-bond donors (Lipinski definition) is 0. The van der Waals surface area contributed by atoms with E-state index < -0.39 is 0 Å². The molecule has 0 spiro atoms. The third-order valence-corrected chi connectivity index (χ3v) is 7.14. The van der Waals surface area contributed by atoms with Crippen molar-refractivity contribution in [2.24, 2.45) is 22.7 Å². The molecule has 0 aromatic heterocycles. The molecule has 0 atom stereocenters. The lowest BCUT2D eigenvalue weighted by Crippen LogP contribution is -2.32. The van der Waals surface area contributed by atoms with Gasteiger partial charge in [0.2, 0.25) is 0 Å². The van der Waals surface area contributed by atoms with Crippen LogP contribution < -0.4 is 0 Å². The lowest BCUT2D eigenvalue weighted by Gasteiger charge is -2.45. The van der Waals surface area contributed by atoms with Gasteiger partial charge < -0.3 is 0 Å². The molecule has 0 heteroatoms. The van der Waals surface area contributed by atoms with E-state index in [9.17, 15) is 0 Å². The van der Waals surface area contributed by atoms with E-state index in [0.29, 0.717) is 5.41 Å². The van der Waals surface area contributed by atoms with E-state index in [4.69, 9.17) is 0 Å². The van der Waals surface area contributed by atoms with Crippen molar-refractivity contribution in [2.75, 3.05) is 0 Å². The first-order chi connectivity index (χ1) is 10.1. The zero-order valence-electron chi connectivity index (χ0n) is 14.8. The molecule has 0 unspecified atom stereocenters. The first-order valence-corrected chi connectivity index (χ1v) is 10.1. The van der Waals surface area contributed by atoms with Gasteiger partial charge in [-0.2, -0.15) is 0 Å². The van der Waals surface area contributed by atoms with Crippen molar-refractivity contribution < 1.29 is 0 Å². The lowest BCUT2D eigenvalue weighted by molar-refractivity contribution is 0.0706. The molecule has 0 aliphatic heterocycles. The van der Waals surface area contributed by atoms with Crippen LogP contribution in [0, 0.1) is 22.7 Å². The monoisotopic (exact) mass is 290 g/mol. The van der Waals surface area contributed by atoms with E-state index >= 15 is 0 Å². The fraction of sp³-hybridized carbons (Fsp3) is 1.00. The second-order valence-electron chi connectivity index (χ2n) is 9.71. The zero-order chi connectivity index (χ0) is 14.8. The van der Waals surface area contributed by atoms with Crippen LogP contribution in [0.2, 0.25) is 0 Å². The fourth-order valence-corrected chi connectivity index (χ4v) is 5.11. The maximum Gasteiger partial charge on any atom is -0.0294 e. The molecule has 3 saturated carbocycles. The maximum atomic E-state index is 2.50. The minimum atomic E-state index is 0.634. The molecular weight excluding hydrogens is 252 g/mol. The van der Waals surface area contributed by atoms with E-state index in [0.717, 1.165) is 17.3 Å². The highest BCUT2D eigenvalue weighted by atomic mass is 14.5. The Hall–Kier alpha value is 0. The summed E-state index contributed by atoms with van der Waals surface area (Å²) >= 11 is 0. The Morgan fingerprint density at radius 1 is 0.714 bits per heavy atom. The van der Waals surface area contributed by atoms with Crippen molar-refractivity contribution in [3.63, 3.8) is 0 Å². The Kier molecular flexibility index (Phi) is 5.01. The summed E-state index contributed by atoms with van der Waals surface area (Å²) < 4.78 is 0. The molecule has 0 saturated heterocycles. The van der Waals surface area contributed by atoms with Crippen molar-refractivity contribution >= 4 is 0 Å². The van der Waals surface area contributed by atoms with Crippen molar-refractivity contribution in [1.82, 2.24) is 0 Å². The number of hydrogen-bond acceptors (Lipinski definition) is 0. The highest BCUT2D eigenvalue weighted by Crippen LogP contribution is 2.54. The fourth-order valence-electron chi connectivity index (χ4n) is 5.11. The normalized spacial score (nSPS) is 30.0. The topological polar surface area (TPSA) is 0 Å². The molecule has 0 amide bonds. The molecule has 0 nitrogen and oxygen atoms in total. The van der Waals surface area contributed by atoms with Gasteiger partial charge in [0, 0.05) is 0 Å². The van der Waals surface area contributed by atoms with Gasteiger partial charge in [-0.1, -0.05) is 65.2 Å². The molecule has 0 aromatic rings. The van der Waals surface area contributed by atoms with Gasteiger partial charge in [0.25, 0.3) is 0 Å². The van der Waals surface area contributed by atoms with Gasteiger partial charge in [-0.3, -0.25) is 0 Å².